The molecule has 0 unspecified atom stereocenters. The first-order valence-electron chi connectivity index (χ1n) is 4.98. The third-order valence-corrected chi connectivity index (χ3v) is 1.81. The Labute approximate surface area is 96.3 Å². The number of aliphatic imine (C=N–C) groups is 1. The van der Waals surface area contributed by atoms with Gasteiger partial charge >= 0.3 is 0 Å². The Kier molecular flexibility index (Phi) is 4.80. The molecule has 1 aromatic rings. The van der Waals surface area contributed by atoms with Gasteiger partial charge in [0.2, 0.25) is 5.88 Å². The average molecular weight is 213 g/mol. The number of ether oxygens (including phenoxy) is 1. The monoisotopic (exact) mass is 213 g/mol. The van der Waals surface area contributed by atoms with Crippen molar-refractivity contribution in [3.05, 3.63) is 67.1 Å². The Hall–Kier alpha value is -2.09. The van der Waals surface area contributed by atoms with Gasteiger partial charge in [-0.2, -0.15) is 0 Å². The number of hydrogen-bond donors (Lipinski definition) is 0. The molecule has 0 fully saturated rings. The summed E-state index contributed by atoms with van der Waals surface area (Å²) in [7, 11) is 0. The standard InChI is InChI=1S/C14H15NO/c1-4-6-14(15-11-5-2)16-13-9-7-12(3)8-10-13/h4-11H,1-2H2,3H3/b14-6+,15-11-. The fourth-order valence-electron chi connectivity index (χ4n) is 1.06. The van der Waals surface area contributed by atoms with E-state index in [1.54, 1.807) is 24.4 Å². The molecule has 1 rings (SSSR count). The molecule has 82 valence electrons. The quantitative estimate of drug-likeness (QED) is 0.415. The van der Waals surface area contributed by atoms with E-state index in [-0.39, 0.29) is 0 Å². The molecule has 0 saturated heterocycles. The second-order valence-corrected chi connectivity index (χ2v) is 3.17. The van der Waals surface area contributed by atoms with Crippen LogP contribution in [0.15, 0.2) is 66.5 Å². The summed E-state index contributed by atoms with van der Waals surface area (Å²) in [6.45, 7) is 9.19. The molecule has 2 nitrogen and oxygen atoms in total. The topological polar surface area (TPSA) is 21.6 Å². The summed E-state index contributed by atoms with van der Waals surface area (Å²) < 4.78 is 5.56. The number of benzene rings is 1. The summed E-state index contributed by atoms with van der Waals surface area (Å²) in [5.74, 6) is 1.23. The maximum Gasteiger partial charge on any atom is 0.219 e. The molecule has 0 bridgehead atoms. The van der Waals surface area contributed by atoms with Crippen LogP contribution in [0.4, 0.5) is 0 Å². The lowest BCUT2D eigenvalue weighted by atomic mass is 10.2. The predicted molar refractivity (Wildman–Crippen MR) is 68.8 cm³/mol. The predicted octanol–water partition coefficient (Wildman–Crippen LogP) is 3.66. The minimum absolute atomic E-state index is 0.485. The first kappa shape index (κ1) is 12.0. The number of allylic oxidation sites excluding steroid dienone is 3. The maximum absolute atomic E-state index is 5.56. The highest BCUT2D eigenvalue weighted by Crippen LogP contribution is 2.15. The summed E-state index contributed by atoms with van der Waals surface area (Å²) in [5.41, 5.74) is 1.19. The van der Waals surface area contributed by atoms with Gasteiger partial charge in [0.15, 0.2) is 0 Å². The van der Waals surface area contributed by atoms with Gasteiger partial charge in [-0.05, 0) is 19.1 Å². The normalized spacial score (nSPS) is 11.4. The van der Waals surface area contributed by atoms with E-state index in [0.29, 0.717) is 5.88 Å². The van der Waals surface area contributed by atoms with Crippen LogP contribution in [0.3, 0.4) is 0 Å². The van der Waals surface area contributed by atoms with Crippen molar-refractivity contribution in [1.29, 1.82) is 0 Å². The van der Waals surface area contributed by atoms with E-state index < -0.39 is 0 Å². The van der Waals surface area contributed by atoms with E-state index in [4.69, 9.17) is 4.74 Å². The highest BCUT2D eigenvalue weighted by molar-refractivity contribution is 5.71. The third-order valence-electron chi connectivity index (χ3n) is 1.81. The molecule has 0 aliphatic carbocycles. The van der Waals surface area contributed by atoms with Crippen LogP contribution in [0.5, 0.6) is 5.75 Å². The van der Waals surface area contributed by atoms with Crippen molar-refractivity contribution < 1.29 is 4.74 Å². The van der Waals surface area contributed by atoms with Gasteiger partial charge in [-0.1, -0.05) is 43.0 Å². The average Bonchev–Trinajstić information content (AvgIpc) is 2.29. The highest BCUT2D eigenvalue weighted by atomic mass is 16.5. The molecular weight excluding hydrogens is 198 g/mol. The largest absolute Gasteiger partial charge is 0.439 e. The fraction of sp³-hybridized carbons (Fsp3) is 0.0714. The first-order chi connectivity index (χ1) is 7.76. The van der Waals surface area contributed by atoms with E-state index in [0.717, 1.165) is 5.75 Å². The smallest absolute Gasteiger partial charge is 0.219 e. The SMILES string of the molecule is C=C/C=N\C(=C/C=C)Oc1ccc(C)cc1. The van der Waals surface area contributed by atoms with E-state index in [2.05, 4.69) is 18.2 Å². The number of hydrogen-bond acceptors (Lipinski definition) is 2. The summed E-state index contributed by atoms with van der Waals surface area (Å²) in [6, 6.07) is 7.77. The van der Waals surface area contributed by atoms with Crippen LogP contribution in [-0.2, 0) is 0 Å². The van der Waals surface area contributed by atoms with Crippen LogP contribution in [0, 0.1) is 6.92 Å². The zero-order valence-corrected chi connectivity index (χ0v) is 9.39. The Morgan fingerprint density at radius 3 is 2.44 bits per heavy atom. The van der Waals surface area contributed by atoms with Crippen molar-refractivity contribution in [3.63, 3.8) is 0 Å². The highest BCUT2D eigenvalue weighted by Gasteiger charge is 1.96. The molecule has 0 aliphatic heterocycles. The molecule has 0 radical (unpaired) electrons. The van der Waals surface area contributed by atoms with E-state index in [9.17, 15) is 0 Å². The number of aryl methyl sites for hydroxylation is 1. The van der Waals surface area contributed by atoms with E-state index >= 15 is 0 Å². The molecule has 0 saturated carbocycles. The Bertz CT molecular complexity index is 413. The lowest BCUT2D eigenvalue weighted by molar-refractivity contribution is 0.421. The fourth-order valence-corrected chi connectivity index (χ4v) is 1.06. The van der Waals surface area contributed by atoms with Gasteiger partial charge in [0, 0.05) is 12.3 Å². The Morgan fingerprint density at radius 2 is 1.88 bits per heavy atom. The van der Waals surface area contributed by atoms with Crippen LogP contribution >= 0.6 is 0 Å². The minimum Gasteiger partial charge on any atom is -0.439 e. The van der Waals surface area contributed by atoms with Crippen molar-refractivity contribution in [2.24, 2.45) is 4.99 Å². The zero-order chi connectivity index (χ0) is 11.8. The summed E-state index contributed by atoms with van der Waals surface area (Å²) in [6.07, 6.45) is 6.49. The van der Waals surface area contributed by atoms with Gasteiger partial charge in [-0.15, -0.1) is 0 Å². The second kappa shape index (κ2) is 6.40. The maximum atomic E-state index is 5.56. The molecule has 16 heavy (non-hydrogen) atoms. The van der Waals surface area contributed by atoms with E-state index in [1.807, 2.05) is 31.2 Å². The van der Waals surface area contributed by atoms with Gasteiger partial charge < -0.3 is 4.74 Å². The van der Waals surface area contributed by atoms with Crippen LogP contribution in [0.2, 0.25) is 0 Å². The molecular formula is C14H15NO. The third kappa shape index (κ3) is 3.96. The lowest BCUT2D eigenvalue weighted by Gasteiger charge is -2.04. The van der Waals surface area contributed by atoms with Crippen molar-refractivity contribution in [2.75, 3.05) is 0 Å². The van der Waals surface area contributed by atoms with Gasteiger partial charge in [0.25, 0.3) is 0 Å². The van der Waals surface area contributed by atoms with Crippen LogP contribution < -0.4 is 4.74 Å². The van der Waals surface area contributed by atoms with Gasteiger partial charge in [0.1, 0.15) is 5.75 Å². The molecule has 0 atom stereocenters. The first-order valence-corrected chi connectivity index (χ1v) is 4.98. The summed E-state index contributed by atoms with van der Waals surface area (Å²) >= 11 is 0. The van der Waals surface area contributed by atoms with Crippen molar-refractivity contribution in [2.45, 2.75) is 6.92 Å². The molecule has 0 aliphatic rings. The van der Waals surface area contributed by atoms with Crippen LogP contribution in [0.25, 0.3) is 0 Å². The molecule has 0 spiro atoms. The Balaban J connectivity index is 2.79. The molecule has 1 aromatic carbocycles. The lowest BCUT2D eigenvalue weighted by Crippen LogP contribution is -1.92. The van der Waals surface area contributed by atoms with Crippen LogP contribution in [-0.4, -0.2) is 6.21 Å². The van der Waals surface area contributed by atoms with Crippen molar-refractivity contribution >= 4 is 6.21 Å². The molecule has 0 aromatic heterocycles. The number of nitrogens with zero attached hydrogens (tertiary/aromatic N) is 1. The van der Waals surface area contributed by atoms with E-state index in [1.165, 1.54) is 5.56 Å². The minimum atomic E-state index is 0.485. The van der Waals surface area contributed by atoms with Gasteiger partial charge in [-0.25, -0.2) is 4.99 Å². The molecule has 0 heterocycles. The van der Waals surface area contributed by atoms with Gasteiger partial charge in [0.05, 0.1) is 0 Å². The second-order valence-electron chi connectivity index (χ2n) is 3.17. The molecule has 0 amide bonds. The number of rotatable bonds is 5. The van der Waals surface area contributed by atoms with Crippen molar-refractivity contribution in [1.82, 2.24) is 0 Å². The summed E-state index contributed by atoms with van der Waals surface area (Å²) in [5, 5.41) is 0. The van der Waals surface area contributed by atoms with Crippen LogP contribution in [0.1, 0.15) is 5.56 Å². The molecule has 0 N–H and O–H groups in total. The van der Waals surface area contributed by atoms with Crippen molar-refractivity contribution in [3.8, 4) is 5.75 Å². The Morgan fingerprint density at radius 1 is 1.19 bits per heavy atom. The zero-order valence-electron chi connectivity index (χ0n) is 9.39. The summed E-state index contributed by atoms with van der Waals surface area (Å²) in [4.78, 5) is 4.07. The molecule has 2 heteroatoms. The van der Waals surface area contributed by atoms with Gasteiger partial charge in [-0.3, -0.25) is 0 Å².